The molecule has 0 amide bonds. The van der Waals surface area contributed by atoms with Gasteiger partial charge in [0, 0.05) is 23.8 Å². The van der Waals surface area contributed by atoms with E-state index in [-0.39, 0.29) is 6.10 Å². The molecular formula is C13H20N2O. The lowest BCUT2D eigenvalue weighted by Crippen LogP contribution is -2.30. The smallest absolute Gasteiger partial charge is 0.0585 e. The Kier molecular flexibility index (Phi) is 3.67. The van der Waals surface area contributed by atoms with E-state index in [4.69, 9.17) is 5.73 Å². The van der Waals surface area contributed by atoms with E-state index in [1.165, 1.54) is 6.42 Å². The third-order valence-electron chi connectivity index (χ3n) is 3.32. The molecule has 1 fully saturated rings. The summed E-state index contributed by atoms with van der Waals surface area (Å²) in [6, 6.07) is 7.75. The van der Waals surface area contributed by atoms with Crippen LogP contribution in [0, 0.1) is 5.92 Å². The Balaban J connectivity index is 1.86. The van der Waals surface area contributed by atoms with Gasteiger partial charge in [0.1, 0.15) is 0 Å². The fourth-order valence-electron chi connectivity index (χ4n) is 2.32. The van der Waals surface area contributed by atoms with Crippen LogP contribution >= 0.6 is 0 Å². The standard InChI is InChI=1S/C13H20N2O/c14-11-5-3-6-12(8-11)15-9-10-4-1-2-7-13(10)16/h3,5-6,8,10,13,15-16H,1-2,4,7,9,14H2. The monoisotopic (exact) mass is 220 g/mol. The molecule has 4 N–H and O–H groups in total. The number of hydrogen-bond acceptors (Lipinski definition) is 3. The van der Waals surface area contributed by atoms with Crippen molar-refractivity contribution in [3.05, 3.63) is 24.3 Å². The van der Waals surface area contributed by atoms with Crippen LogP contribution in [0.25, 0.3) is 0 Å². The van der Waals surface area contributed by atoms with Crippen LogP contribution in [0.2, 0.25) is 0 Å². The van der Waals surface area contributed by atoms with Crippen molar-refractivity contribution in [3.8, 4) is 0 Å². The Morgan fingerprint density at radius 1 is 1.31 bits per heavy atom. The molecule has 1 aliphatic rings. The Labute approximate surface area is 96.7 Å². The molecule has 2 rings (SSSR count). The lowest BCUT2D eigenvalue weighted by molar-refractivity contribution is 0.0763. The van der Waals surface area contributed by atoms with Gasteiger partial charge >= 0.3 is 0 Å². The number of rotatable bonds is 3. The number of nitrogens with two attached hydrogens (primary N) is 1. The summed E-state index contributed by atoms with van der Waals surface area (Å²) in [6.45, 7) is 0.838. The number of nitrogen functional groups attached to an aromatic ring is 1. The van der Waals surface area contributed by atoms with Crippen LogP contribution < -0.4 is 11.1 Å². The van der Waals surface area contributed by atoms with Gasteiger partial charge in [-0.05, 0) is 31.0 Å². The first-order chi connectivity index (χ1) is 7.75. The number of anilines is 2. The Morgan fingerprint density at radius 2 is 2.12 bits per heavy atom. The molecule has 0 bridgehead atoms. The average molecular weight is 220 g/mol. The minimum absolute atomic E-state index is 0.137. The van der Waals surface area contributed by atoms with Crippen molar-refractivity contribution in [2.24, 2.45) is 5.92 Å². The molecule has 0 aromatic heterocycles. The fraction of sp³-hybridized carbons (Fsp3) is 0.538. The van der Waals surface area contributed by atoms with Crippen molar-refractivity contribution < 1.29 is 5.11 Å². The summed E-state index contributed by atoms with van der Waals surface area (Å²) in [5, 5.41) is 13.2. The molecule has 1 saturated carbocycles. The quantitative estimate of drug-likeness (QED) is 0.685. The van der Waals surface area contributed by atoms with E-state index in [1.54, 1.807) is 0 Å². The van der Waals surface area contributed by atoms with Crippen LogP contribution in [0.1, 0.15) is 25.7 Å². The van der Waals surface area contributed by atoms with Crippen molar-refractivity contribution in [1.29, 1.82) is 0 Å². The van der Waals surface area contributed by atoms with Gasteiger partial charge in [0.25, 0.3) is 0 Å². The molecule has 1 aromatic rings. The molecule has 0 aliphatic heterocycles. The maximum Gasteiger partial charge on any atom is 0.0585 e. The van der Waals surface area contributed by atoms with Crippen LogP contribution in [-0.2, 0) is 0 Å². The van der Waals surface area contributed by atoms with Crippen molar-refractivity contribution in [1.82, 2.24) is 0 Å². The van der Waals surface area contributed by atoms with Gasteiger partial charge in [-0.25, -0.2) is 0 Å². The van der Waals surface area contributed by atoms with Gasteiger partial charge in [-0.3, -0.25) is 0 Å². The van der Waals surface area contributed by atoms with E-state index in [1.807, 2.05) is 24.3 Å². The highest BCUT2D eigenvalue weighted by atomic mass is 16.3. The molecule has 0 saturated heterocycles. The minimum Gasteiger partial charge on any atom is -0.399 e. The second-order valence-corrected chi connectivity index (χ2v) is 4.62. The molecule has 0 heterocycles. The summed E-state index contributed by atoms with van der Waals surface area (Å²) in [5.74, 6) is 0.384. The van der Waals surface area contributed by atoms with E-state index in [2.05, 4.69) is 5.32 Å². The van der Waals surface area contributed by atoms with E-state index < -0.39 is 0 Å². The summed E-state index contributed by atoms with van der Waals surface area (Å²) in [4.78, 5) is 0. The maximum absolute atomic E-state index is 9.84. The van der Waals surface area contributed by atoms with Gasteiger partial charge in [-0.2, -0.15) is 0 Å². The topological polar surface area (TPSA) is 58.3 Å². The normalized spacial score (nSPS) is 25.3. The molecule has 3 nitrogen and oxygen atoms in total. The Hall–Kier alpha value is -1.22. The van der Waals surface area contributed by atoms with E-state index in [0.717, 1.165) is 37.2 Å². The number of aliphatic hydroxyl groups excluding tert-OH is 1. The predicted octanol–water partition coefficient (Wildman–Crippen LogP) is 2.23. The molecule has 3 heteroatoms. The van der Waals surface area contributed by atoms with Gasteiger partial charge in [0.15, 0.2) is 0 Å². The Bertz CT molecular complexity index is 340. The van der Waals surface area contributed by atoms with Gasteiger partial charge in [-0.1, -0.05) is 18.9 Å². The fourth-order valence-corrected chi connectivity index (χ4v) is 2.32. The summed E-state index contributed by atoms with van der Waals surface area (Å²) in [5.41, 5.74) is 7.52. The van der Waals surface area contributed by atoms with Gasteiger partial charge in [0.2, 0.25) is 0 Å². The molecule has 2 unspecified atom stereocenters. The van der Waals surface area contributed by atoms with E-state index >= 15 is 0 Å². The number of hydrogen-bond donors (Lipinski definition) is 3. The molecule has 0 radical (unpaired) electrons. The molecule has 1 aromatic carbocycles. The van der Waals surface area contributed by atoms with Crippen LogP contribution in [0.5, 0.6) is 0 Å². The summed E-state index contributed by atoms with van der Waals surface area (Å²) in [7, 11) is 0. The van der Waals surface area contributed by atoms with Crippen LogP contribution in [0.4, 0.5) is 11.4 Å². The minimum atomic E-state index is -0.137. The second-order valence-electron chi connectivity index (χ2n) is 4.62. The first-order valence-corrected chi connectivity index (χ1v) is 6.03. The lowest BCUT2D eigenvalue weighted by Gasteiger charge is -2.28. The largest absolute Gasteiger partial charge is 0.399 e. The van der Waals surface area contributed by atoms with Gasteiger partial charge < -0.3 is 16.2 Å². The molecule has 16 heavy (non-hydrogen) atoms. The zero-order valence-electron chi connectivity index (χ0n) is 9.52. The summed E-state index contributed by atoms with van der Waals surface area (Å²) >= 11 is 0. The van der Waals surface area contributed by atoms with Gasteiger partial charge in [-0.15, -0.1) is 0 Å². The second kappa shape index (κ2) is 5.21. The van der Waals surface area contributed by atoms with Crippen molar-refractivity contribution in [2.75, 3.05) is 17.6 Å². The Morgan fingerprint density at radius 3 is 2.88 bits per heavy atom. The predicted molar refractivity (Wildman–Crippen MR) is 67.3 cm³/mol. The third kappa shape index (κ3) is 2.89. The third-order valence-corrected chi connectivity index (χ3v) is 3.32. The molecule has 0 spiro atoms. The average Bonchev–Trinajstić information content (AvgIpc) is 2.28. The highest BCUT2D eigenvalue weighted by Gasteiger charge is 2.22. The van der Waals surface area contributed by atoms with Gasteiger partial charge in [0.05, 0.1) is 6.10 Å². The van der Waals surface area contributed by atoms with Crippen LogP contribution in [0.15, 0.2) is 24.3 Å². The number of aliphatic hydroxyl groups is 1. The van der Waals surface area contributed by atoms with Crippen molar-refractivity contribution in [2.45, 2.75) is 31.8 Å². The van der Waals surface area contributed by atoms with Crippen LogP contribution in [0.3, 0.4) is 0 Å². The van der Waals surface area contributed by atoms with Crippen LogP contribution in [-0.4, -0.2) is 17.8 Å². The molecule has 88 valence electrons. The first-order valence-electron chi connectivity index (χ1n) is 6.03. The lowest BCUT2D eigenvalue weighted by atomic mass is 9.86. The highest BCUT2D eigenvalue weighted by Crippen LogP contribution is 2.24. The molecular weight excluding hydrogens is 200 g/mol. The number of benzene rings is 1. The van der Waals surface area contributed by atoms with Crippen molar-refractivity contribution >= 4 is 11.4 Å². The number of nitrogens with one attached hydrogen (secondary N) is 1. The summed E-state index contributed by atoms with van der Waals surface area (Å²) < 4.78 is 0. The zero-order chi connectivity index (χ0) is 11.4. The SMILES string of the molecule is Nc1cccc(NCC2CCCCC2O)c1. The van der Waals surface area contributed by atoms with E-state index in [9.17, 15) is 5.11 Å². The summed E-state index contributed by atoms with van der Waals surface area (Å²) in [6.07, 6.45) is 4.33. The molecule has 1 aliphatic carbocycles. The first kappa shape index (κ1) is 11.3. The van der Waals surface area contributed by atoms with E-state index in [0.29, 0.717) is 5.92 Å². The molecule has 2 atom stereocenters. The van der Waals surface area contributed by atoms with Crippen molar-refractivity contribution in [3.63, 3.8) is 0 Å². The highest BCUT2D eigenvalue weighted by molar-refractivity contribution is 5.54. The zero-order valence-corrected chi connectivity index (χ0v) is 9.52. The maximum atomic E-state index is 9.84.